The zero-order valence-corrected chi connectivity index (χ0v) is 12.4. The summed E-state index contributed by atoms with van der Waals surface area (Å²) in [5.41, 5.74) is 3.39. The highest BCUT2D eigenvalue weighted by Crippen LogP contribution is 2.25. The maximum atomic E-state index is 12.3. The Morgan fingerprint density at radius 2 is 2.00 bits per heavy atom. The van der Waals surface area contributed by atoms with Crippen molar-refractivity contribution in [3.05, 3.63) is 65.5 Å². The number of hydrogen-bond donors (Lipinski definition) is 2. The van der Waals surface area contributed by atoms with Crippen LogP contribution in [0.25, 0.3) is 17.1 Å². The van der Waals surface area contributed by atoms with Crippen LogP contribution in [0.1, 0.15) is 11.4 Å². The highest BCUT2D eigenvalue weighted by Gasteiger charge is 2.17. The summed E-state index contributed by atoms with van der Waals surface area (Å²) in [7, 11) is 0. The van der Waals surface area contributed by atoms with E-state index < -0.39 is 0 Å². The van der Waals surface area contributed by atoms with Gasteiger partial charge in [0, 0.05) is 5.56 Å². The molecule has 2 aromatic carbocycles. The predicted molar refractivity (Wildman–Crippen MR) is 87.9 cm³/mol. The fraction of sp³-hybridized carbons (Fsp3) is 0.111. The van der Waals surface area contributed by atoms with E-state index in [4.69, 9.17) is 4.74 Å². The fourth-order valence-corrected chi connectivity index (χ4v) is 2.61. The standard InChI is InChI=1S/C18H15N3O2/c22-18(13-9-12-5-1-4-8-16(12)23-11-13)19-10-17-20-14-6-2-3-7-15(14)21-17/h1-9H,10-11H2,(H,19,22)(H,20,21). The molecule has 1 aromatic heterocycles. The molecule has 4 rings (SSSR count). The molecule has 0 bridgehead atoms. The Balaban J connectivity index is 1.47. The Morgan fingerprint density at radius 3 is 2.91 bits per heavy atom. The summed E-state index contributed by atoms with van der Waals surface area (Å²) in [5, 5.41) is 2.88. The molecule has 0 saturated heterocycles. The lowest BCUT2D eigenvalue weighted by atomic mass is 10.1. The van der Waals surface area contributed by atoms with Crippen molar-refractivity contribution >= 4 is 23.0 Å². The molecule has 114 valence electrons. The molecule has 2 heterocycles. The lowest BCUT2D eigenvalue weighted by Crippen LogP contribution is -2.28. The van der Waals surface area contributed by atoms with Gasteiger partial charge in [-0.1, -0.05) is 30.3 Å². The zero-order valence-electron chi connectivity index (χ0n) is 12.4. The van der Waals surface area contributed by atoms with Gasteiger partial charge in [-0.2, -0.15) is 0 Å². The van der Waals surface area contributed by atoms with E-state index in [0.717, 1.165) is 28.2 Å². The Kier molecular flexibility index (Phi) is 3.31. The van der Waals surface area contributed by atoms with E-state index in [1.54, 1.807) is 0 Å². The van der Waals surface area contributed by atoms with Crippen LogP contribution in [0, 0.1) is 0 Å². The first-order valence-electron chi connectivity index (χ1n) is 7.44. The van der Waals surface area contributed by atoms with Crippen LogP contribution in [-0.2, 0) is 11.3 Å². The average Bonchev–Trinajstić information content (AvgIpc) is 3.02. The van der Waals surface area contributed by atoms with E-state index >= 15 is 0 Å². The first-order valence-corrected chi connectivity index (χ1v) is 7.44. The predicted octanol–water partition coefficient (Wildman–Crippen LogP) is 2.66. The molecule has 0 radical (unpaired) electrons. The number of aromatic nitrogens is 2. The smallest absolute Gasteiger partial charge is 0.251 e. The van der Waals surface area contributed by atoms with Gasteiger partial charge in [0.1, 0.15) is 18.2 Å². The molecule has 5 nitrogen and oxygen atoms in total. The summed E-state index contributed by atoms with van der Waals surface area (Å²) in [4.78, 5) is 19.9. The molecule has 0 spiro atoms. The Morgan fingerprint density at radius 1 is 1.17 bits per heavy atom. The molecule has 2 N–H and O–H groups in total. The van der Waals surface area contributed by atoms with Gasteiger partial charge in [-0.05, 0) is 24.3 Å². The number of nitrogens with one attached hydrogen (secondary N) is 2. The van der Waals surface area contributed by atoms with E-state index in [1.807, 2.05) is 54.6 Å². The van der Waals surface area contributed by atoms with E-state index in [-0.39, 0.29) is 12.5 Å². The average molecular weight is 305 g/mol. The van der Waals surface area contributed by atoms with Gasteiger partial charge in [0.2, 0.25) is 0 Å². The van der Waals surface area contributed by atoms with E-state index in [2.05, 4.69) is 15.3 Å². The first kappa shape index (κ1) is 13.6. The molecule has 0 saturated carbocycles. The van der Waals surface area contributed by atoms with Crippen molar-refractivity contribution in [2.75, 3.05) is 6.61 Å². The van der Waals surface area contributed by atoms with E-state index in [0.29, 0.717) is 12.1 Å². The maximum Gasteiger partial charge on any atom is 0.251 e. The second-order valence-electron chi connectivity index (χ2n) is 5.38. The molecule has 1 aliphatic rings. The number of rotatable bonds is 3. The summed E-state index contributed by atoms with van der Waals surface area (Å²) < 4.78 is 5.60. The number of imidazole rings is 1. The van der Waals surface area contributed by atoms with Crippen molar-refractivity contribution in [1.82, 2.24) is 15.3 Å². The molecule has 1 amide bonds. The van der Waals surface area contributed by atoms with E-state index in [9.17, 15) is 4.79 Å². The maximum absolute atomic E-state index is 12.3. The molecule has 0 aliphatic carbocycles. The molecular weight excluding hydrogens is 290 g/mol. The highest BCUT2D eigenvalue weighted by molar-refractivity contribution is 5.99. The third kappa shape index (κ3) is 2.68. The van der Waals surface area contributed by atoms with Gasteiger partial charge in [0.15, 0.2) is 0 Å². The summed E-state index contributed by atoms with van der Waals surface area (Å²) in [6.07, 6.45) is 1.87. The van der Waals surface area contributed by atoms with Crippen LogP contribution in [0.15, 0.2) is 54.1 Å². The van der Waals surface area contributed by atoms with Crippen LogP contribution in [-0.4, -0.2) is 22.5 Å². The number of para-hydroxylation sites is 3. The summed E-state index contributed by atoms with van der Waals surface area (Å²) in [6.45, 7) is 0.634. The Bertz CT molecular complexity index is 878. The fourth-order valence-electron chi connectivity index (χ4n) is 2.61. The van der Waals surface area contributed by atoms with Crippen LogP contribution < -0.4 is 10.1 Å². The summed E-state index contributed by atoms with van der Waals surface area (Å²) >= 11 is 0. The molecule has 0 unspecified atom stereocenters. The molecular formula is C18H15N3O2. The second-order valence-corrected chi connectivity index (χ2v) is 5.38. The molecule has 0 fully saturated rings. The number of carbonyl (C=O) groups is 1. The monoisotopic (exact) mass is 305 g/mol. The van der Waals surface area contributed by atoms with Crippen LogP contribution in [0.5, 0.6) is 5.75 Å². The van der Waals surface area contributed by atoms with Gasteiger partial charge < -0.3 is 15.0 Å². The second kappa shape index (κ2) is 5.61. The lowest BCUT2D eigenvalue weighted by Gasteiger charge is -2.17. The van der Waals surface area contributed by atoms with Gasteiger partial charge in [-0.15, -0.1) is 0 Å². The zero-order chi connectivity index (χ0) is 15.6. The molecule has 3 aromatic rings. The molecule has 0 atom stereocenters. The van der Waals surface area contributed by atoms with Crippen LogP contribution in [0.2, 0.25) is 0 Å². The van der Waals surface area contributed by atoms with Gasteiger partial charge >= 0.3 is 0 Å². The van der Waals surface area contributed by atoms with Crippen molar-refractivity contribution in [2.45, 2.75) is 6.54 Å². The van der Waals surface area contributed by atoms with Gasteiger partial charge in [0.25, 0.3) is 5.91 Å². The van der Waals surface area contributed by atoms with Crippen molar-refractivity contribution in [2.24, 2.45) is 0 Å². The normalized spacial score (nSPS) is 13.1. The van der Waals surface area contributed by atoms with Crippen molar-refractivity contribution in [1.29, 1.82) is 0 Å². The van der Waals surface area contributed by atoms with Gasteiger partial charge in [-0.3, -0.25) is 4.79 Å². The van der Waals surface area contributed by atoms with Gasteiger partial charge in [0.05, 0.1) is 23.2 Å². The molecule has 23 heavy (non-hydrogen) atoms. The summed E-state index contributed by atoms with van der Waals surface area (Å²) in [5.74, 6) is 1.40. The minimum atomic E-state index is -0.139. The lowest BCUT2D eigenvalue weighted by molar-refractivity contribution is -0.118. The van der Waals surface area contributed by atoms with Crippen molar-refractivity contribution < 1.29 is 9.53 Å². The summed E-state index contributed by atoms with van der Waals surface area (Å²) in [6, 6.07) is 15.5. The van der Waals surface area contributed by atoms with Crippen molar-refractivity contribution in [3.63, 3.8) is 0 Å². The minimum absolute atomic E-state index is 0.139. The van der Waals surface area contributed by atoms with E-state index in [1.165, 1.54) is 0 Å². The highest BCUT2D eigenvalue weighted by atomic mass is 16.5. The number of ether oxygens (including phenoxy) is 1. The number of nitrogens with zero attached hydrogens (tertiary/aromatic N) is 1. The Hall–Kier alpha value is -3.08. The SMILES string of the molecule is O=C(NCc1nc2ccccc2[nH]1)C1=Cc2ccccc2OC1. The molecule has 5 heteroatoms. The third-order valence-corrected chi connectivity index (χ3v) is 3.78. The quantitative estimate of drug-likeness (QED) is 0.782. The van der Waals surface area contributed by atoms with Crippen LogP contribution in [0.4, 0.5) is 0 Å². The number of amides is 1. The molecule has 1 aliphatic heterocycles. The van der Waals surface area contributed by atoms with Gasteiger partial charge in [-0.25, -0.2) is 4.98 Å². The number of carbonyl (C=O) groups excluding carboxylic acids is 1. The van der Waals surface area contributed by atoms with Crippen LogP contribution in [0.3, 0.4) is 0 Å². The first-order chi connectivity index (χ1) is 11.3. The largest absolute Gasteiger partial charge is 0.488 e. The Labute approximate surface area is 133 Å². The number of aromatic amines is 1. The number of H-pyrrole nitrogens is 1. The topological polar surface area (TPSA) is 67.0 Å². The minimum Gasteiger partial charge on any atom is -0.488 e. The number of hydrogen-bond acceptors (Lipinski definition) is 3. The van der Waals surface area contributed by atoms with Crippen LogP contribution >= 0.6 is 0 Å². The van der Waals surface area contributed by atoms with Crippen molar-refractivity contribution in [3.8, 4) is 5.75 Å². The number of fused-ring (bicyclic) bond motifs is 2. The number of benzene rings is 2. The third-order valence-electron chi connectivity index (χ3n) is 3.78.